The van der Waals surface area contributed by atoms with E-state index in [1.807, 2.05) is 30.3 Å². The van der Waals surface area contributed by atoms with Gasteiger partial charge in [-0.1, -0.05) is 30.3 Å². The zero-order valence-corrected chi connectivity index (χ0v) is 12.0. The first-order valence-electron chi connectivity index (χ1n) is 6.76. The maximum absolute atomic E-state index is 12.0. The highest BCUT2D eigenvalue weighted by atomic mass is 16.3. The number of benzene rings is 1. The Kier molecular flexibility index (Phi) is 6.73. The second kappa shape index (κ2) is 8.32. The smallest absolute Gasteiger partial charge is 0.242 e. The van der Waals surface area contributed by atoms with E-state index in [2.05, 4.69) is 5.32 Å². The van der Waals surface area contributed by atoms with Gasteiger partial charge >= 0.3 is 0 Å². The van der Waals surface area contributed by atoms with Crippen molar-refractivity contribution < 1.29 is 14.7 Å². The highest BCUT2D eigenvalue weighted by Gasteiger charge is 2.23. The van der Waals surface area contributed by atoms with Crippen LogP contribution in [0.2, 0.25) is 0 Å². The molecule has 0 saturated carbocycles. The van der Waals surface area contributed by atoms with Crippen molar-refractivity contribution in [2.75, 3.05) is 13.2 Å². The lowest BCUT2D eigenvalue weighted by Gasteiger charge is -2.27. The predicted molar refractivity (Wildman–Crippen MR) is 76.8 cm³/mol. The van der Waals surface area contributed by atoms with Crippen LogP contribution in [0, 0.1) is 0 Å². The van der Waals surface area contributed by atoms with Crippen LogP contribution in [-0.2, 0) is 16.1 Å². The summed E-state index contributed by atoms with van der Waals surface area (Å²) in [6.45, 7) is 4.02. The first-order chi connectivity index (χ1) is 9.56. The highest BCUT2D eigenvalue weighted by Crippen LogP contribution is 2.09. The number of hydrogen-bond donors (Lipinski definition) is 2. The van der Waals surface area contributed by atoms with Crippen molar-refractivity contribution in [3.8, 4) is 0 Å². The minimum atomic E-state index is -0.536. The molecule has 1 rings (SSSR count). The van der Waals surface area contributed by atoms with Crippen molar-refractivity contribution in [1.29, 1.82) is 0 Å². The third-order valence-electron chi connectivity index (χ3n) is 3.08. The minimum Gasteiger partial charge on any atom is -0.396 e. The zero-order valence-electron chi connectivity index (χ0n) is 12.0. The van der Waals surface area contributed by atoms with E-state index in [0.717, 1.165) is 5.56 Å². The molecule has 0 aliphatic rings. The number of rotatable bonds is 7. The second-order valence-electron chi connectivity index (χ2n) is 4.68. The summed E-state index contributed by atoms with van der Waals surface area (Å²) >= 11 is 0. The largest absolute Gasteiger partial charge is 0.396 e. The van der Waals surface area contributed by atoms with Gasteiger partial charge in [0.1, 0.15) is 6.04 Å². The molecule has 0 saturated heterocycles. The van der Waals surface area contributed by atoms with Gasteiger partial charge in [0, 0.05) is 26.6 Å². The Morgan fingerprint density at radius 3 is 2.50 bits per heavy atom. The van der Waals surface area contributed by atoms with Crippen LogP contribution in [0.25, 0.3) is 0 Å². The quantitative estimate of drug-likeness (QED) is 0.729. The van der Waals surface area contributed by atoms with E-state index in [4.69, 9.17) is 5.11 Å². The zero-order chi connectivity index (χ0) is 15.0. The van der Waals surface area contributed by atoms with Crippen molar-refractivity contribution in [2.24, 2.45) is 0 Å². The van der Waals surface area contributed by atoms with Crippen LogP contribution >= 0.6 is 0 Å². The molecular formula is C15H22N2O3. The van der Waals surface area contributed by atoms with Crippen molar-refractivity contribution in [2.45, 2.75) is 32.9 Å². The predicted octanol–water partition coefficient (Wildman–Crippen LogP) is 0.922. The molecule has 5 heteroatoms. The molecule has 110 valence electrons. The van der Waals surface area contributed by atoms with Crippen LogP contribution in [0.3, 0.4) is 0 Å². The molecule has 1 aromatic rings. The molecule has 20 heavy (non-hydrogen) atoms. The van der Waals surface area contributed by atoms with Crippen molar-refractivity contribution >= 4 is 11.8 Å². The van der Waals surface area contributed by atoms with Gasteiger partial charge in [0.15, 0.2) is 0 Å². The van der Waals surface area contributed by atoms with Gasteiger partial charge in [-0.15, -0.1) is 0 Å². The van der Waals surface area contributed by atoms with Gasteiger partial charge in [-0.3, -0.25) is 9.59 Å². The Morgan fingerprint density at radius 2 is 1.95 bits per heavy atom. The summed E-state index contributed by atoms with van der Waals surface area (Å²) in [5.41, 5.74) is 0.984. The topological polar surface area (TPSA) is 69.6 Å². The molecule has 5 nitrogen and oxygen atoms in total. The summed E-state index contributed by atoms with van der Waals surface area (Å²) in [6.07, 6.45) is 0.511. The van der Waals surface area contributed by atoms with E-state index >= 15 is 0 Å². The van der Waals surface area contributed by atoms with E-state index in [-0.39, 0.29) is 18.4 Å². The fourth-order valence-corrected chi connectivity index (χ4v) is 1.88. The number of carbonyl (C=O) groups is 2. The molecule has 0 fully saturated rings. The summed E-state index contributed by atoms with van der Waals surface area (Å²) in [4.78, 5) is 25.2. The molecule has 0 aromatic heterocycles. The van der Waals surface area contributed by atoms with Gasteiger partial charge in [0.05, 0.1) is 0 Å². The number of aliphatic hydroxyl groups excluding tert-OH is 1. The Hall–Kier alpha value is -1.88. The van der Waals surface area contributed by atoms with Crippen LogP contribution in [0.1, 0.15) is 25.8 Å². The third kappa shape index (κ3) is 5.01. The molecule has 0 radical (unpaired) electrons. The number of nitrogens with zero attached hydrogens (tertiary/aromatic N) is 1. The van der Waals surface area contributed by atoms with Crippen LogP contribution in [0.5, 0.6) is 0 Å². The van der Waals surface area contributed by atoms with Gasteiger partial charge in [-0.05, 0) is 18.9 Å². The van der Waals surface area contributed by atoms with Crippen molar-refractivity contribution in [1.82, 2.24) is 10.2 Å². The van der Waals surface area contributed by atoms with Crippen molar-refractivity contribution in [3.05, 3.63) is 35.9 Å². The van der Waals surface area contributed by atoms with E-state index in [9.17, 15) is 9.59 Å². The molecule has 1 aromatic carbocycles. The van der Waals surface area contributed by atoms with Crippen LogP contribution < -0.4 is 5.32 Å². The Balaban J connectivity index is 2.65. The van der Waals surface area contributed by atoms with Gasteiger partial charge in [-0.25, -0.2) is 0 Å². The lowest BCUT2D eigenvalue weighted by Crippen LogP contribution is -2.47. The van der Waals surface area contributed by atoms with E-state index in [1.54, 1.807) is 6.92 Å². The van der Waals surface area contributed by atoms with Gasteiger partial charge in [0.25, 0.3) is 0 Å². The minimum absolute atomic E-state index is 0.0368. The fourth-order valence-electron chi connectivity index (χ4n) is 1.88. The normalized spacial score (nSPS) is 11.8. The number of hydrogen-bond acceptors (Lipinski definition) is 3. The summed E-state index contributed by atoms with van der Waals surface area (Å²) in [7, 11) is 0. The average molecular weight is 278 g/mol. The summed E-state index contributed by atoms with van der Waals surface area (Å²) in [5.74, 6) is -0.344. The summed E-state index contributed by atoms with van der Waals surface area (Å²) < 4.78 is 0. The van der Waals surface area contributed by atoms with Gasteiger partial charge < -0.3 is 15.3 Å². The molecule has 2 amide bonds. The fraction of sp³-hybridized carbons (Fsp3) is 0.467. The summed E-state index contributed by atoms with van der Waals surface area (Å²) in [5, 5.41) is 11.4. The maximum atomic E-state index is 12.0. The number of aliphatic hydroxyl groups is 1. The standard InChI is InChI=1S/C15H22N2O3/c1-12(15(20)16-9-6-10-18)17(13(2)19)11-14-7-4-3-5-8-14/h3-5,7-8,12,18H,6,9-11H2,1-2H3,(H,16,20). The van der Waals surface area contributed by atoms with Crippen LogP contribution in [0.15, 0.2) is 30.3 Å². The first-order valence-corrected chi connectivity index (χ1v) is 6.76. The SMILES string of the molecule is CC(=O)N(Cc1ccccc1)C(C)C(=O)NCCCO. The van der Waals surface area contributed by atoms with Gasteiger partial charge in [0.2, 0.25) is 11.8 Å². The molecule has 0 spiro atoms. The summed E-state index contributed by atoms with van der Waals surface area (Å²) in [6, 6.07) is 9.02. The van der Waals surface area contributed by atoms with E-state index < -0.39 is 6.04 Å². The third-order valence-corrected chi connectivity index (χ3v) is 3.08. The Labute approximate surface area is 119 Å². The second-order valence-corrected chi connectivity index (χ2v) is 4.68. The first kappa shape index (κ1) is 16.2. The van der Waals surface area contributed by atoms with Gasteiger partial charge in [-0.2, -0.15) is 0 Å². The number of nitrogens with one attached hydrogen (secondary N) is 1. The average Bonchev–Trinajstić information content (AvgIpc) is 2.45. The number of amides is 2. The van der Waals surface area contributed by atoms with E-state index in [1.165, 1.54) is 11.8 Å². The monoisotopic (exact) mass is 278 g/mol. The molecule has 1 unspecified atom stereocenters. The molecule has 1 atom stereocenters. The molecular weight excluding hydrogens is 256 g/mol. The van der Waals surface area contributed by atoms with Crippen molar-refractivity contribution in [3.63, 3.8) is 0 Å². The lowest BCUT2D eigenvalue weighted by atomic mass is 10.1. The molecule has 0 aliphatic carbocycles. The maximum Gasteiger partial charge on any atom is 0.242 e. The molecule has 2 N–H and O–H groups in total. The Morgan fingerprint density at radius 1 is 1.30 bits per heavy atom. The highest BCUT2D eigenvalue weighted by molar-refractivity contribution is 5.86. The van der Waals surface area contributed by atoms with Crippen LogP contribution in [0.4, 0.5) is 0 Å². The molecule has 0 bridgehead atoms. The lowest BCUT2D eigenvalue weighted by molar-refractivity contribution is -0.139. The number of carbonyl (C=O) groups excluding carboxylic acids is 2. The Bertz CT molecular complexity index is 434. The molecule has 0 heterocycles. The van der Waals surface area contributed by atoms with Crippen LogP contribution in [-0.4, -0.2) is 41.0 Å². The van der Waals surface area contributed by atoms with E-state index in [0.29, 0.717) is 19.5 Å². The molecule has 0 aliphatic heterocycles.